The number of carbonyl (C=O) groups excluding carboxylic acids is 1. The van der Waals surface area contributed by atoms with Gasteiger partial charge in [0.1, 0.15) is 11.5 Å². The van der Waals surface area contributed by atoms with Gasteiger partial charge in [0.2, 0.25) is 0 Å². The number of amides is 1. The molecule has 1 N–H and O–H groups in total. The molecule has 28 heavy (non-hydrogen) atoms. The first-order valence-electron chi connectivity index (χ1n) is 9.36. The predicted octanol–water partition coefficient (Wildman–Crippen LogP) is 3.31. The molecule has 1 aromatic carbocycles. The van der Waals surface area contributed by atoms with Crippen molar-refractivity contribution in [3.8, 4) is 11.5 Å². The maximum Gasteiger partial charge on any atom is 0.254 e. The Bertz CT molecular complexity index is 728. The van der Waals surface area contributed by atoms with E-state index in [1.54, 1.807) is 38.6 Å². The molecule has 1 aliphatic heterocycles. The Morgan fingerprint density at radius 1 is 1.14 bits per heavy atom. The molecule has 3 rings (SSSR count). The van der Waals surface area contributed by atoms with Crippen LogP contribution in [-0.4, -0.2) is 49.1 Å². The largest absolute Gasteiger partial charge is 0.497 e. The fraction of sp³-hybridized carbons (Fsp3) is 0.429. The van der Waals surface area contributed by atoms with Gasteiger partial charge in [0, 0.05) is 23.9 Å². The summed E-state index contributed by atoms with van der Waals surface area (Å²) in [5, 5.41) is 3.42. The number of carbonyl (C=O) groups is 1. The molecule has 0 saturated carbocycles. The molecule has 1 fully saturated rings. The summed E-state index contributed by atoms with van der Waals surface area (Å²) in [5.74, 6) is 1.20. The SMILES string of the molecule is COc1cc(OC)cc(C(=O)N(Cc2ccccn2)C2CCCNCC2)c1.Cl. The fourth-order valence-corrected chi connectivity index (χ4v) is 3.44. The van der Waals surface area contributed by atoms with Gasteiger partial charge in [-0.05, 0) is 56.6 Å². The Kier molecular flexibility index (Phi) is 8.54. The van der Waals surface area contributed by atoms with Crippen LogP contribution in [0.15, 0.2) is 42.6 Å². The number of nitrogens with zero attached hydrogens (tertiary/aromatic N) is 2. The van der Waals surface area contributed by atoms with E-state index in [0.29, 0.717) is 23.6 Å². The third kappa shape index (κ3) is 5.59. The van der Waals surface area contributed by atoms with Crippen LogP contribution in [0.1, 0.15) is 35.3 Å². The molecule has 6 nitrogen and oxygen atoms in total. The number of aromatic nitrogens is 1. The molecule has 1 aliphatic rings. The number of hydrogen-bond donors (Lipinski definition) is 1. The molecule has 1 amide bonds. The molecular weight excluding hydrogens is 378 g/mol. The number of nitrogens with one attached hydrogen (secondary N) is 1. The summed E-state index contributed by atoms with van der Waals surface area (Å²) in [4.78, 5) is 19.8. The highest BCUT2D eigenvalue weighted by Gasteiger charge is 2.27. The van der Waals surface area contributed by atoms with Crippen molar-refractivity contribution < 1.29 is 14.3 Å². The first-order valence-corrected chi connectivity index (χ1v) is 9.36. The molecule has 0 aliphatic carbocycles. The fourth-order valence-electron chi connectivity index (χ4n) is 3.44. The number of benzene rings is 1. The van der Waals surface area contributed by atoms with Crippen molar-refractivity contribution in [2.75, 3.05) is 27.3 Å². The van der Waals surface area contributed by atoms with Crippen molar-refractivity contribution >= 4 is 18.3 Å². The van der Waals surface area contributed by atoms with Crippen LogP contribution in [0.3, 0.4) is 0 Å². The molecule has 1 saturated heterocycles. The smallest absolute Gasteiger partial charge is 0.254 e. The number of pyridine rings is 1. The normalized spacial score (nSPS) is 16.4. The van der Waals surface area contributed by atoms with E-state index in [1.807, 2.05) is 23.1 Å². The summed E-state index contributed by atoms with van der Waals surface area (Å²) < 4.78 is 10.7. The quantitative estimate of drug-likeness (QED) is 0.798. The van der Waals surface area contributed by atoms with Crippen molar-refractivity contribution in [2.24, 2.45) is 0 Å². The molecule has 1 atom stereocenters. The Labute approximate surface area is 172 Å². The third-order valence-electron chi connectivity index (χ3n) is 4.90. The number of hydrogen-bond acceptors (Lipinski definition) is 5. The van der Waals surface area contributed by atoms with Crippen LogP contribution in [0.2, 0.25) is 0 Å². The molecule has 1 unspecified atom stereocenters. The van der Waals surface area contributed by atoms with Gasteiger partial charge in [0.15, 0.2) is 0 Å². The minimum Gasteiger partial charge on any atom is -0.497 e. The molecule has 0 bridgehead atoms. The zero-order chi connectivity index (χ0) is 19.1. The minimum absolute atomic E-state index is 0. The first kappa shape index (κ1) is 22.0. The second kappa shape index (κ2) is 10.9. The Morgan fingerprint density at radius 2 is 1.89 bits per heavy atom. The summed E-state index contributed by atoms with van der Waals surface area (Å²) in [7, 11) is 3.18. The lowest BCUT2D eigenvalue weighted by Crippen LogP contribution is -2.40. The van der Waals surface area contributed by atoms with Gasteiger partial charge in [0.05, 0.1) is 26.5 Å². The van der Waals surface area contributed by atoms with E-state index >= 15 is 0 Å². The number of methoxy groups -OCH3 is 2. The van der Waals surface area contributed by atoms with Gasteiger partial charge in [0.25, 0.3) is 5.91 Å². The average Bonchev–Trinajstić information content (AvgIpc) is 3.01. The molecule has 0 radical (unpaired) electrons. The minimum atomic E-state index is -0.0234. The van der Waals surface area contributed by atoms with E-state index < -0.39 is 0 Å². The van der Waals surface area contributed by atoms with Crippen LogP contribution in [0.4, 0.5) is 0 Å². The zero-order valence-electron chi connectivity index (χ0n) is 16.4. The lowest BCUT2D eigenvalue weighted by Gasteiger charge is -2.31. The lowest BCUT2D eigenvalue weighted by molar-refractivity contribution is 0.0641. The zero-order valence-corrected chi connectivity index (χ0v) is 17.2. The first-order chi connectivity index (χ1) is 13.2. The van der Waals surface area contributed by atoms with E-state index in [2.05, 4.69) is 10.3 Å². The maximum atomic E-state index is 13.5. The molecule has 2 heterocycles. The molecule has 2 aromatic rings. The molecule has 7 heteroatoms. The van der Waals surface area contributed by atoms with Crippen LogP contribution < -0.4 is 14.8 Å². The second-order valence-electron chi connectivity index (χ2n) is 6.69. The van der Waals surface area contributed by atoms with Gasteiger partial charge in [-0.25, -0.2) is 0 Å². The monoisotopic (exact) mass is 405 g/mol. The van der Waals surface area contributed by atoms with E-state index in [0.717, 1.165) is 38.0 Å². The third-order valence-corrected chi connectivity index (χ3v) is 4.90. The van der Waals surface area contributed by atoms with Gasteiger partial charge in [-0.3, -0.25) is 9.78 Å². The summed E-state index contributed by atoms with van der Waals surface area (Å²) in [6.45, 7) is 2.40. The van der Waals surface area contributed by atoms with Crippen molar-refractivity contribution in [3.63, 3.8) is 0 Å². The second-order valence-corrected chi connectivity index (χ2v) is 6.69. The lowest BCUT2D eigenvalue weighted by atomic mass is 10.0. The van der Waals surface area contributed by atoms with Gasteiger partial charge in [-0.2, -0.15) is 0 Å². The van der Waals surface area contributed by atoms with E-state index in [-0.39, 0.29) is 24.4 Å². The summed E-state index contributed by atoms with van der Waals surface area (Å²) in [6.07, 6.45) is 4.73. The van der Waals surface area contributed by atoms with Crippen molar-refractivity contribution in [2.45, 2.75) is 31.8 Å². The van der Waals surface area contributed by atoms with Crippen LogP contribution in [0.25, 0.3) is 0 Å². The van der Waals surface area contributed by atoms with E-state index in [4.69, 9.17) is 9.47 Å². The van der Waals surface area contributed by atoms with Crippen molar-refractivity contribution in [1.29, 1.82) is 0 Å². The topological polar surface area (TPSA) is 63.7 Å². The van der Waals surface area contributed by atoms with Gasteiger partial charge in [-0.15, -0.1) is 12.4 Å². The highest BCUT2D eigenvalue weighted by atomic mass is 35.5. The molecular formula is C21H28ClN3O3. The Hall–Kier alpha value is -2.31. The van der Waals surface area contributed by atoms with Crippen LogP contribution in [0, 0.1) is 0 Å². The summed E-state index contributed by atoms with van der Waals surface area (Å²) in [5.41, 5.74) is 1.46. The Balaban J connectivity index is 0.00000280. The number of rotatable bonds is 6. The molecule has 0 spiro atoms. The van der Waals surface area contributed by atoms with Crippen LogP contribution in [-0.2, 0) is 6.54 Å². The van der Waals surface area contributed by atoms with Gasteiger partial charge in [-0.1, -0.05) is 6.07 Å². The van der Waals surface area contributed by atoms with E-state index in [9.17, 15) is 4.79 Å². The molecule has 152 valence electrons. The van der Waals surface area contributed by atoms with Crippen LogP contribution in [0.5, 0.6) is 11.5 Å². The standard InChI is InChI=1S/C21H27N3O3.ClH/c1-26-19-12-16(13-20(14-19)27-2)21(25)24(15-17-6-3-4-10-23-17)18-7-5-9-22-11-8-18;/h3-4,6,10,12-14,18,22H,5,7-9,11,15H2,1-2H3;1H. The van der Waals surface area contributed by atoms with Crippen molar-refractivity contribution in [3.05, 3.63) is 53.9 Å². The highest BCUT2D eigenvalue weighted by Crippen LogP contribution is 2.26. The maximum absolute atomic E-state index is 13.5. The van der Waals surface area contributed by atoms with Gasteiger partial charge >= 0.3 is 0 Å². The number of halogens is 1. The van der Waals surface area contributed by atoms with Gasteiger partial charge < -0.3 is 19.7 Å². The van der Waals surface area contributed by atoms with E-state index in [1.165, 1.54) is 0 Å². The van der Waals surface area contributed by atoms with Crippen molar-refractivity contribution in [1.82, 2.24) is 15.2 Å². The highest BCUT2D eigenvalue weighted by molar-refractivity contribution is 5.95. The Morgan fingerprint density at radius 3 is 2.54 bits per heavy atom. The average molecular weight is 406 g/mol. The van der Waals surface area contributed by atoms with Crippen LogP contribution >= 0.6 is 12.4 Å². The summed E-state index contributed by atoms with van der Waals surface area (Å²) >= 11 is 0. The molecule has 1 aromatic heterocycles. The summed E-state index contributed by atoms with van der Waals surface area (Å²) in [6, 6.07) is 11.3. The number of ether oxygens (including phenoxy) is 2. The predicted molar refractivity (Wildman–Crippen MR) is 111 cm³/mol.